The molecule has 2 rings (SSSR count). The third kappa shape index (κ3) is 3.05. The molecule has 0 amide bonds. The molecule has 0 spiro atoms. The van der Waals surface area contributed by atoms with Gasteiger partial charge >= 0.3 is 0 Å². The summed E-state index contributed by atoms with van der Waals surface area (Å²) in [7, 11) is 1.94. The molecule has 1 heterocycles. The molecule has 0 fully saturated rings. The molecule has 1 atom stereocenters. The zero-order valence-corrected chi connectivity index (χ0v) is 10.6. The summed E-state index contributed by atoms with van der Waals surface area (Å²) in [4.78, 5) is 0. The van der Waals surface area contributed by atoms with Gasteiger partial charge in [0.25, 0.3) is 0 Å². The van der Waals surface area contributed by atoms with Crippen molar-refractivity contribution in [3.05, 3.63) is 41.2 Å². The first-order valence-corrected chi connectivity index (χ1v) is 5.91. The van der Waals surface area contributed by atoms with Crippen LogP contribution >= 0.6 is 11.6 Å². The molecule has 2 aromatic rings. The van der Waals surface area contributed by atoms with Crippen LogP contribution in [0.5, 0.6) is 0 Å². The molecule has 0 bridgehead atoms. The van der Waals surface area contributed by atoms with E-state index >= 15 is 0 Å². The zero-order chi connectivity index (χ0) is 12.3. The second-order valence-electron chi connectivity index (χ2n) is 4.03. The van der Waals surface area contributed by atoms with Crippen molar-refractivity contribution in [3.63, 3.8) is 0 Å². The van der Waals surface area contributed by atoms with Crippen LogP contribution in [0.3, 0.4) is 0 Å². The van der Waals surface area contributed by atoms with Crippen LogP contribution in [0.25, 0.3) is 5.69 Å². The van der Waals surface area contributed by atoms with Crippen molar-refractivity contribution in [2.24, 2.45) is 0 Å². The van der Waals surface area contributed by atoms with Gasteiger partial charge in [0, 0.05) is 17.5 Å². The van der Waals surface area contributed by atoms with Crippen LogP contribution in [0.2, 0.25) is 5.02 Å². The summed E-state index contributed by atoms with van der Waals surface area (Å²) >= 11 is 5.94. The van der Waals surface area contributed by atoms with Crippen LogP contribution in [0.15, 0.2) is 30.5 Å². The minimum atomic E-state index is 0.388. The zero-order valence-electron chi connectivity index (χ0n) is 9.89. The Morgan fingerprint density at radius 3 is 3.00 bits per heavy atom. The minimum absolute atomic E-state index is 0.388. The molecule has 1 aromatic carbocycles. The lowest BCUT2D eigenvalue weighted by molar-refractivity contribution is 0.599. The van der Waals surface area contributed by atoms with E-state index in [0.29, 0.717) is 11.1 Å². The second-order valence-corrected chi connectivity index (χ2v) is 4.46. The predicted molar refractivity (Wildman–Crippen MR) is 68.6 cm³/mol. The van der Waals surface area contributed by atoms with E-state index in [-0.39, 0.29) is 0 Å². The van der Waals surface area contributed by atoms with E-state index in [4.69, 9.17) is 11.6 Å². The monoisotopic (exact) mass is 250 g/mol. The van der Waals surface area contributed by atoms with Crippen LogP contribution in [-0.4, -0.2) is 28.1 Å². The Morgan fingerprint density at radius 2 is 2.29 bits per heavy atom. The van der Waals surface area contributed by atoms with Crippen molar-refractivity contribution in [2.75, 3.05) is 7.05 Å². The van der Waals surface area contributed by atoms with Crippen LogP contribution in [0.1, 0.15) is 12.6 Å². The lowest BCUT2D eigenvalue weighted by Gasteiger charge is -2.05. The molecule has 1 N–H and O–H groups in total. The highest BCUT2D eigenvalue weighted by molar-refractivity contribution is 6.30. The smallest absolute Gasteiger partial charge is 0.0847 e. The molecule has 1 aromatic heterocycles. The lowest BCUT2D eigenvalue weighted by atomic mass is 10.2. The molecular weight excluding hydrogens is 236 g/mol. The number of hydrogen-bond acceptors (Lipinski definition) is 3. The quantitative estimate of drug-likeness (QED) is 0.904. The number of nitrogens with zero attached hydrogens (tertiary/aromatic N) is 3. The van der Waals surface area contributed by atoms with Crippen LogP contribution < -0.4 is 5.32 Å². The summed E-state index contributed by atoms with van der Waals surface area (Å²) in [5, 5.41) is 12.1. The number of aromatic nitrogens is 3. The van der Waals surface area contributed by atoms with E-state index in [1.165, 1.54) is 0 Å². The topological polar surface area (TPSA) is 42.7 Å². The predicted octanol–water partition coefficient (Wildman–Crippen LogP) is 2.07. The van der Waals surface area contributed by atoms with Gasteiger partial charge in [0.1, 0.15) is 0 Å². The van der Waals surface area contributed by atoms with Crippen molar-refractivity contribution in [3.8, 4) is 5.69 Å². The van der Waals surface area contributed by atoms with Crippen LogP contribution in [0.4, 0.5) is 0 Å². The Kier molecular flexibility index (Phi) is 3.76. The number of hydrogen-bond donors (Lipinski definition) is 1. The first kappa shape index (κ1) is 12.1. The maximum Gasteiger partial charge on any atom is 0.0847 e. The molecule has 0 saturated heterocycles. The van der Waals surface area contributed by atoms with Crippen LogP contribution in [0, 0.1) is 0 Å². The Hall–Kier alpha value is -1.39. The van der Waals surface area contributed by atoms with E-state index in [9.17, 15) is 0 Å². The second kappa shape index (κ2) is 5.29. The minimum Gasteiger partial charge on any atom is -0.317 e. The number of likely N-dealkylation sites (N-methyl/N-ethyl adjacent to an activating group) is 1. The normalized spacial score (nSPS) is 12.6. The summed E-state index contributed by atoms with van der Waals surface area (Å²) in [5.41, 5.74) is 1.89. The first-order valence-electron chi connectivity index (χ1n) is 5.53. The molecule has 90 valence electrons. The Balaban J connectivity index is 2.18. The standard InChI is InChI=1S/C12H15ClN4/c1-9(14-2)6-11-8-17(16-15-11)12-5-3-4-10(13)7-12/h3-5,7-9,14H,6H2,1-2H3. The van der Waals surface area contributed by atoms with Gasteiger partial charge in [-0.05, 0) is 32.2 Å². The third-order valence-corrected chi connectivity index (χ3v) is 2.86. The van der Waals surface area contributed by atoms with Gasteiger partial charge in [-0.2, -0.15) is 0 Å². The number of nitrogens with one attached hydrogen (secondary N) is 1. The summed E-state index contributed by atoms with van der Waals surface area (Å²) in [6.07, 6.45) is 2.79. The third-order valence-electron chi connectivity index (χ3n) is 2.62. The van der Waals surface area contributed by atoms with Gasteiger partial charge in [-0.3, -0.25) is 0 Å². The summed E-state index contributed by atoms with van der Waals surface area (Å²) in [6.45, 7) is 2.11. The summed E-state index contributed by atoms with van der Waals surface area (Å²) in [6, 6.07) is 7.94. The molecule has 0 aliphatic heterocycles. The van der Waals surface area contributed by atoms with Crippen LogP contribution in [-0.2, 0) is 6.42 Å². The Morgan fingerprint density at radius 1 is 1.47 bits per heavy atom. The average Bonchev–Trinajstić information content (AvgIpc) is 2.77. The van der Waals surface area contributed by atoms with Gasteiger partial charge < -0.3 is 5.32 Å². The lowest BCUT2D eigenvalue weighted by Crippen LogP contribution is -2.23. The van der Waals surface area contributed by atoms with E-state index in [2.05, 4.69) is 22.6 Å². The Labute approximate surface area is 106 Å². The van der Waals surface area contributed by atoms with Crippen molar-refractivity contribution in [1.29, 1.82) is 0 Å². The van der Waals surface area contributed by atoms with E-state index in [0.717, 1.165) is 17.8 Å². The average molecular weight is 251 g/mol. The fraction of sp³-hybridized carbons (Fsp3) is 0.333. The first-order chi connectivity index (χ1) is 8.19. The van der Waals surface area contributed by atoms with Crippen molar-refractivity contribution >= 4 is 11.6 Å². The molecule has 0 radical (unpaired) electrons. The molecule has 17 heavy (non-hydrogen) atoms. The van der Waals surface area contributed by atoms with Gasteiger partial charge in [-0.15, -0.1) is 5.10 Å². The fourth-order valence-electron chi connectivity index (χ4n) is 1.55. The number of halogens is 1. The molecule has 0 aliphatic carbocycles. The molecule has 0 aliphatic rings. The molecule has 4 nitrogen and oxygen atoms in total. The largest absolute Gasteiger partial charge is 0.317 e. The van der Waals surface area contributed by atoms with Gasteiger partial charge in [0.2, 0.25) is 0 Å². The van der Waals surface area contributed by atoms with E-state index in [1.807, 2.05) is 37.5 Å². The maximum absolute atomic E-state index is 5.94. The number of benzene rings is 1. The summed E-state index contributed by atoms with van der Waals surface area (Å²) in [5.74, 6) is 0. The highest BCUT2D eigenvalue weighted by Gasteiger charge is 2.06. The van der Waals surface area contributed by atoms with Crippen molar-refractivity contribution in [1.82, 2.24) is 20.3 Å². The van der Waals surface area contributed by atoms with E-state index in [1.54, 1.807) is 4.68 Å². The molecule has 0 saturated carbocycles. The van der Waals surface area contributed by atoms with Gasteiger partial charge in [-0.1, -0.05) is 22.9 Å². The van der Waals surface area contributed by atoms with Gasteiger partial charge in [0.05, 0.1) is 17.6 Å². The van der Waals surface area contributed by atoms with Gasteiger partial charge in [0.15, 0.2) is 0 Å². The maximum atomic E-state index is 5.94. The molecular formula is C12H15ClN4. The summed E-state index contributed by atoms with van der Waals surface area (Å²) < 4.78 is 1.74. The molecule has 5 heteroatoms. The fourth-order valence-corrected chi connectivity index (χ4v) is 1.74. The highest BCUT2D eigenvalue weighted by atomic mass is 35.5. The van der Waals surface area contributed by atoms with Crippen molar-refractivity contribution in [2.45, 2.75) is 19.4 Å². The van der Waals surface area contributed by atoms with E-state index < -0.39 is 0 Å². The SMILES string of the molecule is CNC(C)Cc1cn(-c2cccc(Cl)c2)nn1. The van der Waals surface area contributed by atoms with Gasteiger partial charge in [-0.25, -0.2) is 4.68 Å². The molecule has 1 unspecified atom stereocenters. The van der Waals surface area contributed by atoms with Crippen molar-refractivity contribution < 1.29 is 0 Å². The highest BCUT2D eigenvalue weighted by Crippen LogP contribution is 2.14. The Bertz CT molecular complexity index is 495. The number of rotatable bonds is 4.